The normalized spacial score (nSPS) is 11.2. The van der Waals surface area contributed by atoms with E-state index in [1.165, 1.54) is 12.3 Å². The van der Waals surface area contributed by atoms with Gasteiger partial charge in [0.25, 0.3) is 5.56 Å². The summed E-state index contributed by atoms with van der Waals surface area (Å²) in [6.45, 7) is -3.47. The molecule has 0 saturated carbocycles. The first-order chi connectivity index (χ1) is 9.58. The van der Waals surface area contributed by atoms with Gasteiger partial charge in [-0.05, 0) is 22.0 Å². The van der Waals surface area contributed by atoms with Crippen molar-refractivity contribution in [2.45, 2.75) is 12.7 Å². The molecule has 0 bridgehead atoms. The van der Waals surface area contributed by atoms with Crippen LogP contribution < -0.4 is 5.56 Å². The SMILES string of the molecule is O=C(O)CN(CC(F)(F)F)C(=O)Cn1cc(Br)ccc1=O. The summed E-state index contributed by atoms with van der Waals surface area (Å²) in [6, 6.07) is 2.54. The summed E-state index contributed by atoms with van der Waals surface area (Å²) in [7, 11) is 0. The number of carboxylic acid groups (broad SMARTS) is 1. The lowest BCUT2D eigenvalue weighted by atomic mass is 10.4. The first-order valence-electron chi connectivity index (χ1n) is 5.51. The predicted molar refractivity (Wildman–Crippen MR) is 68.7 cm³/mol. The Bertz CT molecular complexity index is 600. The van der Waals surface area contributed by atoms with Gasteiger partial charge in [0.2, 0.25) is 5.91 Å². The van der Waals surface area contributed by atoms with E-state index >= 15 is 0 Å². The van der Waals surface area contributed by atoms with Crippen molar-refractivity contribution in [1.82, 2.24) is 9.47 Å². The van der Waals surface area contributed by atoms with Crippen LogP contribution in [0.2, 0.25) is 0 Å². The average Bonchev–Trinajstić information content (AvgIpc) is 2.30. The van der Waals surface area contributed by atoms with E-state index in [4.69, 9.17) is 5.11 Å². The molecule has 1 aromatic rings. The Balaban J connectivity index is 2.92. The number of aliphatic carboxylic acids is 1. The number of halogens is 4. The number of carboxylic acids is 1. The first kappa shape index (κ1) is 17.2. The molecular weight excluding hydrogens is 361 g/mol. The van der Waals surface area contributed by atoms with Gasteiger partial charge < -0.3 is 14.6 Å². The van der Waals surface area contributed by atoms with E-state index in [9.17, 15) is 27.6 Å². The fraction of sp³-hybridized carbons (Fsp3) is 0.364. The molecule has 1 N–H and O–H groups in total. The Hall–Kier alpha value is -1.84. The zero-order chi connectivity index (χ0) is 16.2. The number of nitrogens with zero attached hydrogens (tertiary/aromatic N) is 2. The molecule has 6 nitrogen and oxygen atoms in total. The summed E-state index contributed by atoms with van der Waals surface area (Å²) < 4.78 is 38.3. The minimum Gasteiger partial charge on any atom is -0.480 e. The summed E-state index contributed by atoms with van der Waals surface area (Å²) in [6.07, 6.45) is -3.50. The Labute approximate surface area is 124 Å². The van der Waals surface area contributed by atoms with Crippen molar-refractivity contribution < 1.29 is 27.9 Å². The summed E-state index contributed by atoms with van der Waals surface area (Å²) >= 11 is 3.05. The zero-order valence-corrected chi connectivity index (χ0v) is 12.0. The molecular formula is C11H10BrF3N2O4. The second-order valence-electron chi connectivity index (χ2n) is 4.07. The van der Waals surface area contributed by atoms with Crippen molar-refractivity contribution in [3.63, 3.8) is 0 Å². The third kappa shape index (κ3) is 5.98. The maximum Gasteiger partial charge on any atom is 0.406 e. The number of hydrogen-bond acceptors (Lipinski definition) is 3. The lowest BCUT2D eigenvalue weighted by molar-refractivity contribution is -0.166. The minimum atomic E-state index is -4.73. The monoisotopic (exact) mass is 370 g/mol. The molecule has 0 atom stereocenters. The van der Waals surface area contributed by atoms with Crippen LogP contribution in [-0.2, 0) is 16.1 Å². The van der Waals surface area contributed by atoms with E-state index in [2.05, 4.69) is 15.9 Å². The van der Waals surface area contributed by atoms with E-state index in [-0.39, 0.29) is 4.90 Å². The fourth-order valence-electron chi connectivity index (χ4n) is 1.48. The third-order valence-corrected chi connectivity index (χ3v) is 2.77. The molecule has 21 heavy (non-hydrogen) atoms. The van der Waals surface area contributed by atoms with Gasteiger partial charge in [0.05, 0.1) is 0 Å². The minimum absolute atomic E-state index is 0.135. The van der Waals surface area contributed by atoms with Gasteiger partial charge in [-0.2, -0.15) is 13.2 Å². The Morgan fingerprint density at radius 3 is 2.48 bits per heavy atom. The highest BCUT2D eigenvalue weighted by Crippen LogP contribution is 2.16. The van der Waals surface area contributed by atoms with Crippen LogP contribution in [0.25, 0.3) is 0 Å². The molecule has 0 unspecified atom stereocenters. The molecule has 0 aliphatic carbocycles. The number of rotatable bonds is 5. The highest BCUT2D eigenvalue weighted by molar-refractivity contribution is 9.10. The van der Waals surface area contributed by atoms with E-state index in [0.717, 1.165) is 10.6 Å². The number of pyridine rings is 1. The molecule has 0 aliphatic rings. The summed E-state index contributed by atoms with van der Waals surface area (Å²) in [5.74, 6) is -2.69. The highest BCUT2D eigenvalue weighted by atomic mass is 79.9. The smallest absolute Gasteiger partial charge is 0.406 e. The molecule has 0 fully saturated rings. The van der Waals surface area contributed by atoms with Crippen LogP contribution in [0.4, 0.5) is 13.2 Å². The third-order valence-electron chi connectivity index (χ3n) is 2.30. The first-order valence-corrected chi connectivity index (χ1v) is 6.30. The lowest BCUT2D eigenvalue weighted by Gasteiger charge is -2.22. The molecule has 1 amide bonds. The quantitative estimate of drug-likeness (QED) is 0.841. The van der Waals surface area contributed by atoms with Crippen LogP contribution >= 0.6 is 15.9 Å². The van der Waals surface area contributed by atoms with Gasteiger partial charge in [-0.25, -0.2) is 0 Å². The van der Waals surface area contributed by atoms with Crippen molar-refractivity contribution in [2.24, 2.45) is 0 Å². The van der Waals surface area contributed by atoms with E-state index in [1.54, 1.807) is 0 Å². The zero-order valence-electron chi connectivity index (χ0n) is 10.4. The Morgan fingerprint density at radius 2 is 1.95 bits per heavy atom. The van der Waals surface area contributed by atoms with Crippen LogP contribution in [0.1, 0.15) is 0 Å². The molecule has 0 radical (unpaired) electrons. The Morgan fingerprint density at radius 1 is 1.33 bits per heavy atom. The molecule has 1 rings (SSSR count). The fourth-order valence-corrected chi connectivity index (χ4v) is 1.86. The molecule has 116 valence electrons. The van der Waals surface area contributed by atoms with Crippen molar-refractivity contribution in [1.29, 1.82) is 0 Å². The second kappa shape index (κ2) is 6.74. The number of carbonyl (C=O) groups is 2. The van der Waals surface area contributed by atoms with Gasteiger partial charge in [-0.15, -0.1) is 0 Å². The average molecular weight is 371 g/mol. The largest absolute Gasteiger partial charge is 0.480 e. The summed E-state index contributed by atoms with van der Waals surface area (Å²) in [5, 5.41) is 8.56. The Kier molecular flexibility index (Phi) is 5.53. The van der Waals surface area contributed by atoms with Gasteiger partial charge in [0, 0.05) is 16.7 Å². The van der Waals surface area contributed by atoms with Crippen molar-refractivity contribution in [3.8, 4) is 0 Å². The maximum absolute atomic E-state index is 12.3. The van der Waals surface area contributed by atoms with Crippen molar-refractivity contribution in [3.05, 3.63) is 33.2 Å². The van der Waals surface area contributed by atoms with Gasteiger partial charge in [0.1, 0.15) is 19.6 Å². The summed E-state index contributed by atoms with van der Waals surface area (Å²) in [5.41, 5.74) is -0.589. The molecule has 0 aromatic carbocycles. The second-order valence-corrected chi connectivity index (χ2v) is 4.99. The van der Waals surface area contributed by atoms with E-state index in [0.29, 0.717) is 4.47 Å². The number of carbonyl (C=O) groups excluding carboxylic acids is 1. The summed E-state index contributed by atoms with van der Waals surface area (Å²) in [4.78, 5) is 33.9. The molecule has 1 aromatic heterocycles. The maximum atomic E-state index is 12.3. The van der Waals surface area contributed by atoms with Crippen LogP contribution in [0, 0.1) is 0 Å². The molecule has 0 aliphatic heterocycles. The van der Waals surface area contributed by atoms with Crippen LogP contribution in [0.5, 0.6) is 0 Å². The molecule has 0 saturated heterocycles. The van der Waals surface area contributed by atoms with Gasteiger partial charge in [-0.3, -0.25) is 14.4 Å². The lowest BCUT2D eigenvalue weighted by Crippen LogP contribution is -2.44. The number of amides is 1. The van der Waals surface area contributed by atoms with Crippen LogP contribution in [-0.4, -0.2) is 45.7 Å². The van der Waals surface area contributed by atoms with Crippen molar-refractivity contribution >= 4 is 27.8 Å². The van der Waals surface area contributed by atoms with E-state index < -0.39 is 43.2 Å². The standard InChI is InChI=1S/C11H10BrF3N2O4/c12-7-1-2-8(18)16(3-7)4-9(19)17(5-10(20)21)6-11(13,14)15/h1-3H,4-6H2,(H,20,21). The van der Waals surface area contributed by atoms with Gasteiger partial charge >= 0.3 is 12.1 Å². The van der Waals surface area contributed by atoms with Gasteiger partial charge in [-0.1, -0.05) is 0 Å². The highest BCUT2D eigenvalue weighted by Gasteiger charge is 2.34. The molecule has 1 heterocycles. The molecule has 0 spiro atoms. The predicted octanol–water partition coefficient (Wildman–Crippen LogP) is 1.09. The molecule has 10 heteroatoms. The van der Waals surface area contributed by atoms with Crippen molar-refractivity contribution in [2.75, 3.05) is 13.1 Å². The van der Waals surface area contributed by atoms with Crippen LogP contribution in [0.3, 0.4) is 0 Å². The topological polar surface area (TPSA) is 79.6 Å². The van der Waals surface area contributed by atoms with E-state index in [1.807, 2.05) is 0 Å². The van der Waals surface area contributed by atoms with Gasteiger partial charge in [0.15, 0.2) is 0 Å². The number of aromatic nitrogens is 1. The number of alkyl halides is 3. The van der Waals surface area contributed by atoms with Crippen LogP contribution in [0.15, 0.2) is 27.6 Å². The number of hydrogen-bond donors (Lipinski definition) is 1.